The minimum absolute atomic E-state index is 0.159. The van der Waals surface area contributed by atoms with Crippen molar-refractivity contribution < 1.29 is 4.74 Å². The third-order valence-electron chi connectivity index (χ3n) is 3.39. The number of para-hydroxylation sites is 1. The van der Waals surface area contributed by atoms with Gasteiger partial charge in [-0.25, -0.2) is 0 Å². The molecule has 0 atom stereocenters. The second-order valence-electron chi connectivity index (χ2n) is 4.40. The summed E-state index contributed by atoms with van der Waals surface area (Å²) < 4.78 is 7.25. The van der Waals surface area contributed by atoms with E-state index in [2.05, 4.69) is 34.1 Å². The van der Waals surface area contributed by atoms with Gasteiger partial charge in [0.05, 0.1) is 4.47 Å². The van der Waals surface area contributed by atoms with Crippen LogP contribution in [0.2, 0.25) is 0 Å². The molecule has 1 fully saturated rings. The highest BCUT2D eigenvalue weighted by atomic mass is 79.9. The molecule has 0 amide bonds. The van der Waals surface area contributed by atoms with Crippen LogP contribution in [0.3, 0.4) is 0 Å². The van der Waals surface area contributed by atoms with Gasteiger partial charge < -0.3 is 4.74 Å². The molecule has 1 aromatic carbocycles. The summed E-state index contributed by atoms with van der Waals surface area (Å²) in [6.07, 6.45) is 6.22. The molecule has 2 heteroatoms. The Kier molecular flexibility index (Phi) is 1.88. The molecule has 0 unspecified atom stereocenters. The number of ether oxygens (including phenoxy) is 1. The van der Waals surface area contributed by atoms with Crippen molar-refractivity contribution in [1.82, 2.24) is 0 Å². The highest BCUT2D eigenvalue weighted by Gasteiger charge is 2.42. The van der Waals surface area contributed by atoms with Gasteiger partial charge in [0, 0.05) is 6.42 Å². The molecule has 0 saturated heterocycles. The summed E-state index contributed by atoms with van der Waals surface area (Å²) in [5, 5.41) is 0. The van der Waals surface area contributed by atoms with Crippen molar-refractivity contribution in [3.8, 4) is 5.75 Å². The van der Waals surface area contributed by atoms with Gasteiger partial charge >= 0.3 is 0 Å². The Morgan fingerprint density at radius 3 is 2.71 bits per heavy atom. The Balaban J connectivity index is 2.00. The highest BCUT2D eigenvalue weighted by molar-refractivity contribution is 9.10. The molecule has 3 rings (SSSR count). The Labute approximate surface area is 92.6 Å². The van der Waals surface area contributed by atoms with E-state index in [1.165, 1.54) is 31.2 Å². The molecule has 0 aromatic heterocycles. The SMILES string of the molecule is Brc1cccc2c1OC1(CCCC1)C2. The van der Waals surface area contributed by atoms with E-state index in [9.17, 15) is 0 Å². The molecule has 0 N–H and O–H groups in total. The molecule has 1 spiro atoms. The van der Waals surface area contributed by atoms with Crippen LogP contribution >= 0.6 is 15.9 Å². The van der Waals surface area contributed by atoms with Gasteiger partial charge in [-0.15, -0.1) is 0 Å². The lowest BCUT2D eigenvalue weighted by atomic mass is 9.96. The van der Waals surface area contributed by atoms with Crippen molar-refractivity contribution in [2.24, 2.45) is 0 Å². The number of hydrogen-bond acceptors (Lipinski definition) is 1. The van der Waals surface area contributed by atoms with E-state index >= 15 is 0 Å². The van der Waals surface area contributed by atoms with Crippen molar-refractivity contribution in [2.45, 2.75) is 37.7 Å². The summed E-state index contributed by atoms with van der Waals surface area (Å²) in [5.74, 6) is 1.09. The first-order chi connectivity index (χ1) is 6.79. The quantitative estimate of drug-likeness (QED) is 0.685. The van der Waals surface area contributed by atoms with E-state index < -0.39 is 0 Å². The Morgan fingerprint density at radius 2 is 2.00 bits per heavy atom. The molecule has 1 aliphatic carbocycles. The van der Waals surface area contributed by atoms with Gasteiger partial charge in [0.2, 0.25) is 0 Å². The molecule has 1 nitrogen and oxygen atoms in total. The average molecular weight is 253 g/mol. The molecular formula is C12H13BrO. The fourth-order valence-electron chi connectivity index (χ4n) is 2.70. The van der Waals surface area contributed by atoms with Crippen molar-refractivity contribution in [2.75, 3.05) is 0 Å². The summed E-state index contributed by atoms with van der Waals surface area (Å²) in [6, 6.07) is 6.35. The zero-order valence-electron chi connectivity index (χ0n) is 8.05. The Morgan fingerprint density at radius 1 is 1.21 bits per heavy atom. The van der Waals surface area contributed by atoms with Crippen LogP contribution in [0.5, 0.6) is 5.75 Å². The van der Waals surface area contributed by atoms with Crippen LogP contribution in [0.25, 0.3) is 0 Å². The highest BCUT2D eigenvalue weighted by Crippen LogP contribution is 2.47. The zero-order valence-corrected chi connectivity index (χ0v) is 9.64. The van der Waals surface area contributed by atoms with Gasteiger partial charge in [-0.05, 0) is 53.2 Å². The molecule has 1 aromatic rings. The Bertz CT molecular complexity index is 367. The zero-order chi connectivity index (χ0) is 9.60. The van der Waals surface area contributed by atoms with Crippen molar-refractivity contribution >= 4 is 15.9 Å². The predicted octanol–water partition coefficient (Wildman–Crippen LogP) is 3.70. The Hall–Kier alpha value is -0.500. The van der Waals surface area contributed by atoms with Gasteiger partial charge in [-0.3, -0.25) is 0 Å². The summed E-state index contributed by atoms with van der Waals surface area (Å²) in [4.78, 5) is 0. The van der Waals surface area contributed by atoms with Gasteiger partial charge in [0.1, 0.15) is 11.4 Å². The lowest BCUT2D eigenvalue weighted by Crippen LogP contribution is -2.29. The maximum Gasteiger partial charge on any atom is 0.137 e. The van der Waals surface area contributed by atoms with E-state index in [1.54, 1.807) is 0 Å². The van der Waals surface area contributed by atoms with E-state index in [0.29, 0.717) is 0 Å². The fourth-order valence-corrected chi connectivity index (χ4v) is 3.19. The molecule has 14 heavy (non-hydrogen) atoms. The predicted molar refractivity (Wildman–Crippen MR) is 59.7 cm³/mol. The van der Waals surface area contributed by atoms with Crippen LogP contribution < -0.4 is 4.74 Å². The summed E-state index contributed by atoms with van der Waals surface area (Å²) in [5.41, 5.74) is 1.54. The van der Waals surface area contributed by atoms with Gasteiger partial charge in [0.15, 0.2) is 0 Å². The minimum Gasteiger partial charge on any atom is -0.485 e. The molecule has 74 valence electrons. The third kappa shape index (κ3) is 1.20. The second kappa shape index (κ2) is 2.99. The molecule has 1 saturated carbocycles. The largest absolute Gasteiger partial charge is 0.485 e. The number of fused-ring (bicyclic) bond motifs is 1. The first-order valence-electron chi connectivity index (χ1n) is 5.26. The number of benzene rings is 1. The van der Waals surface area contributed by atoms with Crippen LogP contribution in [0.4, 0.5) is 0 Å². The van der Waals surface area contributed by atoms with Crippen LogP contribution in [-0.2, 0) is 6.42 Å². The summed E-state index contributed by atoms with van der Waals surface area (Å²) in [6.45, 7) is 0. The van der Waals surface area contributed by atoms with Crippen LogP contribution in [0.1, 0.15) is 31.2 Å². The molecule has 2 aliphatic rings. The smallest absolute Gasteiger partial charge is 0.137 e. The maximum atomic E-state index is 6.14. The maximum absolute atomic E-state index is 6.14. The molecule has 0 radical (unpaired) electrons. The van der Waals surface area contributed by atoms with Crippen LogP contribution in [-0.4, -0.2) is 5.60 Å². The fraction of sp³-hybridized carbons (Fsp3) is 0.500. The van der Waals surface area contributed by atoms with Crippen LogP contribution in [0, 0.1) is 0 Å². The lowest BCUT2D eigenvalue weighted by Gasteiger charge is -2.22. The van der Waals surface area contributed by atoms with Crippen molar-refractivity contribution in [3.63, 3.8) is 0 Å². The third-order valence-corrected chi connectivity index (χ3v) is 4.02. The topological polar surface area (TPSA) is 9.23 Å². The lowest BCUT2D eigenvalue weighted by molar-refractivity contribution is 0.102. The molecule has 1 heterocycles. The monoisotopic (exact) mass is 252 g/mol. The van der Waals surface area contributed by atoms with Crippen molar-refractivity contribution in [1.29, 1.82) is 0 Å². The number of rotatable bonds is 0. The normalized spacial score (nSPS) is 22.4. The first-order valence-corrected chi connectivity index (χ1v) is 6.05. The summed E-state index contributed by atoms with van der Waals surface area (Å²) in [7, 11) is 0. The minimum atomic E-state index is 0.159. The van der Waals surface area contributed by atoms with E-state index in [-0.39, 0.29) is 5.60 Å². The summed E-state index contributed by atoms with van der Waals surface area (Å²) >= 11 is 3.55. The van der Waals surface area contributed by atoms with Gasteiger partial charge in [-0.1, -0.05) is 12.1 Å². The van der Waals surface area contributed by atoms with E-state index in [4.69, 9.17) is 4.74 Å². The first kappa shape index (κ1) is 8.78. The standard InChI is InChI=1S/C12H13BrO/c13-10-5-3-4-9-8-12(14-11(9)10)6-1-2-7-12/h3-5H,1-2,6-8H2. The molecule has 1 aliphatic heterocycles. The number of hydrogen-bond donors (Lipinski definition) is 0. The van der Waals surface area contributed by atoms with E-state index in [1.807, 2.05) is 0 Å². The molecule has 0 bridgehead atoms. The average Bonchev–Trinajstić information content (AvgIpc) is 2.75. The molecular weight excluding hydrogens is 240 g/mol. The second-order valence-corrected chi connectivity index (χ2v) is 5.25. The van der Waals surface area contributed by atoms with E-state index in [0.717, 1.165) is 16.6 Å². The van der Waals surface area contributed by atoms with Gasteiger partial charge in [0.25, 0.3) is 0 Å². The van der Waals surface area contributed by atoms with Crippen molar-refractivity contribution in [3.05, 3.63) is 28.2 Å². The van der Waals surface area contributed by atoms with Crippen LogP contribution in [0.15, 0.2) is 22.7 Å². The van der Waals surface area contributed by atoms with Gasteiger partial charge in [-0.2, -0.15) is 0 Å². The number of halogens is 1.